The van der Waals surface area contributed by atoms with Crippen molar-refractivity contribution in [3.05, 3.63) is 64.5 Å². The third-order valence-corrected chi connectivity index (χ3v) is 5.79. The van der Waals surface area contributed by atoms with Crippen LogP contribution in [0.1, 0.15) is 22.3 Å². The van der Waals surface area contributed by atoms with Gasteiger partial charge in [0.25, 0.3) is 0 Å². The standard InChI is InChI=1S/C24H32FN3O2/c1-18-5-6-20(19(2)13-18)15-26(3)24(29)17-28-11-9-27(10-12-28)16-21-14-22(25)7-8-23(21)30-4/h5-8,13-14H,9-12,15-17H2,1-4H3. The van der Waals surface area contributed by atoms with E-state index >= 15 is 0 Å². The Hall–Kier alpha value is -2.44. The molecule has 6 heteroatoms. The van der Waals surface area contributed by atoms with E-state index in [1.165, 1.54) is 28.8 Å². The van der Waals surface area contributed by atoms with Crippen molar-refractivity contribution in [3.63, 3.8) is 0 Å². The van der Waals surface area contributed by atoms with Gasteiger partial charge < -0.3 is 9.64 Å². The second kappa shape index (κ2) is 10.0. The summed E-state index contributed by atoms with van der Waals surface area (Å²) >= 11 is 0. The molecular formula is C24H32FN3O2. The van der Waals surface area contributed by atoms with Gasteiger partial charge in [0, 0.05) is 51.9 Å². The molecule has 0 atom stereocenters. The first-order valence-electron chi connectivity index (χ1n) is 10.4. The Morgan fingerprint density at radius 1 is 1.03 bits per heavy atom. The van der Waals surface area contributed by atoms with E-state index in [1.807, 2.05) is 11.9 Å². The second-order valence-corrected chi connectivity index (χ2v) is 8.19. The molecule has 30 heavy (non-hydrogen) atoms. The Labute approximate surface area is 179 Å². The summed E-state index contributed by atoms with van der Waals surface area (Å²) in [4.78, 5) is 19.0. The molecule has 2 aromatic rings. The highest BCUT2D eigenvalue weighted by Crippen LogP contribution is 2.21. The third-order valence-electron chi connectivity index (χ3n) is 5.79. The van der Waals surface area contributed by atoms with Crippen molar-refractivity contribution in [2.75, 3.05) is 46.9 Å². The van der Waals surface area contributed by atoms with Gasteiger partial charge in [0.2, 0.25) is 5.91 Å². The summed E-state index contributed by atoms with van der Waals surface area (Å²) in [6, 6.07) is 11.0. The molecule has 0 bridgehead atoms. The molecule has 1 saturated heterocycles. The summed E-state index contributed by atoms with van der Waals surface area (Å²) in [5.41, 5.74) is 4.50. The summed E-state index contributed by atoms with van der Waals surface area (Å²) in [6.07, 6.45) is 0. The highest BCUT2D eigenvalue weighted by Gasteiger charge is 2.21. The zero-order chi connectivity index (χ0) is 21.7. The Bertz CT molecular complexity index is 879. The van der Waals surface area contributed by atoms with E-state index in [1.54, 1.807) is 13.2 Å². The van der Waals surface area contributed by atoms with E-state index in [0.717, 1.165) is 31.7 Å². The van der Waals surface area contributed by atoms with Crippen LogP contribution in [0.25, 0.3) is 0 Å². The van der Waals surface area contributed by atoms with Crippen LogP contribution in [0.3, 0.4) is 0 Å². The molecule has 0 aromatic heterocycles. The second-order valence-electron chi connectivity index (χ2n) is 8.19. The fourth-order valence-corrected chi connectivity index (χ4v) is 3.90. The molecule has 1 aliphatic rings. The van der Waals surface area contributed by atoms with E-state index in [2.05, 4.69) is 41.8 Å². The summed E-state index contributed by atoms with van der Waals surface area (Å²) in [7, 11) is 3.48. The van der Waals surface area contributed by atoms with Gasteiger partial charge in [-0.1, -0.05) is 23.8 Å². The van der Waals surface area contributed by atoms with Gasteiger partial charge in [0.1, 0.15) is 11.6 Å². The first-order chi connectivity index (χ1) is 14.4. The maximum atomic E-state index is 13.6. The van der Waals surface area contributed by atoms with Crippen molar-refractivity contribution in [1.29, 1.82) is 0 Å². The van der Waals surface area contributed by atoms with Crippen molar-refractivity contribution in [1.82, 2.24) is 14.7 Å². The molecule has 1 aliphatic heterocycles. The molecule has 5 nitrogen and oxygen atoms in total. The van der Waals surface area contributed by atoms with Crippen LogP contribution < -0.4 is 4.74 Å². The SMILES string of the molecule is COc1ccc(F)cc1CN1CCN(CC(=O)N(C)Cc2ccc(C)cc2C)CC1. The fraction of sp³-hybridized carbons (Fsp3) is 0.458. The van der Waals surface area contributed by atoms with Crippen LogP contribution in [0.4, 0.5) is 4.39 Å². The van der Waals surface area contributed by atoms with E-state index in [4.69, 9.17) is 4.74 Å². The molecule has 1 fully saturated rings. The van der Waals surface area contributed by atoms with Crippen LogP contribution in [0, 0.1) is 19.7 Å². The molecule has 0 spiro atoms. The molecule has 162 valence electrons. The minimum Gasteiger partial charge on any atom is -0.496 e. The van der Waals surface area contributed by atoms with Crippen molar-refractivity contribution in [2.45, 2.75) is 26.9 Å². The number of benzene rings is 2. The maximum absolute atomic E-state index is 13.6. The maximum Gasteiger partial charge on any atom is 0.236 e. The van der Waals surface area contributed by atoms with E-state index in [9.17, 15) is 9.18 Å². The lowest BCUT2D eigenvalue weighted by Gasteiger charge is -2.35. The highest BCUT2D eigenvalue weighted by molar-refractivity contribution is 5.78. The molecule has 3 rings (SSSR count). The normalized spacial score (nSPS) is 15.2. The van der Waals surface area contributed by atoms with Gasteiger partial charge in [-0.2, -0.15) is 0 Å². The topological polar surface area (TPSA) is 36.0 Å². The predicted octanol–water partition coefficient (Wildman–Crippen LogP) is 3.23. The minimum absolute atomic E-state index is 0.134. The molecular weight excluding hydrogens is 381 g/mol. The average molecular weight is 414 g/mol. The number of ether oxygens (including phenoxy) is 1. The quantitative estimate of drug-likeness (QED) is 0.698. The summed E-state index contributed by atoms with van der Waals surface area (Å²) in [6.45, 7) is 9.20. The zero-order valence-corrected chi connectivity index (χ0v) is 18.4. The fourth-order valence-electron chi connectivity index (χ4n) is 3.90. The molecule has 0 radical (unpaired) electrons. The van der Waals surface area contributed by atoms with Gasteiger partial charge in [0.05, 0.1) is 13.7 Å². The number of carbonyl (C=O) groups is 1. The van der Waals surface area contributed by atoms with Crippen LogP contribution in [-0.4, -0.2) is 67.5 Å². The molecule has 0 N–H and O–H groups in total. The van der Waals surface area contributed by atoms with Gasteiger partial charge >= 0.3 is 0 Å². The van der Waals surface area contributed by atoms with Crippen LogP contribution in [-0.2, 0) is 17.9 Å². The van der Waals surface area contributed by atoms with E-state index < -0.39 is 0 Å². The van der Waals surface area contributed by atoms with Crippen LogP contribution >= 0.6 is 0 Å². The van der Waals surface area contributed by atoms with Crippen LogP contribution in [0.15, 0.2) is 36.4 Å². The largest absolute Gasteiger partial charge is 0.496 e. The first-order valence-corrected chi connectivity index (χ1v) is 10.4. The summed E-state index contributed by atoms with van der Waals surface area (Å²) < 4.78 is 18.9. The average Bonchev–Trinajstić information content (AvgIpc) is 2.71. The number of methoxy groups -OCH3 is 1. The lowest BCUT2D eigenvalue weighted by molar-refractivity contribution is -0.132. The summed E-state index contributed by atoms with van der Waals surface area (Å²) in [5.74, 6) is 0.596. The zero-order valence-electron chi connectivity index (χ0n) is 18.4. The van der Waals surface area contributed by atoms with Gasteiger partial charge in [-0.25, -0.2) is 4.39 Å². The number of halogens is 1. The Morgan fingerprint density at radius 3 is 2.40 bits per heavy atom. The van der Waals surface area contributed by atoms with E-state index in [0.29, 0.717) is 25.4 Å². The molecule has 1 heterocycles. The summed E-state index contributed by atoms with van der Waals surface area (Å²) in [5, 5.41) is 0. The van der Waals surface area contributed by atoms with Gasteiger partial charge in [-0.3, -0.25) is 14.6 Å². The van der Waals surface area contributed by atoms with Crippen molar-refractivity contribution >= 4 is 5.91 Å². The minimum atomic E-state index is -0.248. The van der Waals surface area contributed by atoms with Gasteiger partial charge in [0.15, 0.2) is 0 Å². The smallest absolute Gasteiger partial charge is 0.236 e. The number of carbonyl (C=O) groups excluding carboxylic acids is 1. The molecule has 1 amide bonds. The molecule has 0 aliphatic carbocycles. The molecule has 0 unspecified atom stereocenters. The lowest BCUT2D eigenvalue weighted by Crippen LogP contribution is -2.49. The Kier molecular flexibility index (Phi) is 7.45. The number of hydrogen-bond acceptors (Lipinski definition) is 4. The van der Waals surface area contributed by atoms with Crippen LogP contribution in [0.5, 0.6) is 5.75 Å². The van der Waals surface area contributed by atoms with Crippen molar-refractivity contribution in [3.8, 4) is 5.75 Å². The number of hydrogen-bond donors (Lipinski definition) is 0. The Morgan fingerprint density at radius 2 is 1.73 bits per heavy atom. The van der Waals surface area contributed by atoms with Gasteiger partial charge in [-0.15, -0.1) is 0 Å². The number of likely N-dealkylation sites (N-methyl/N-ethyl adjacent to an activating group) is 1. The van der Waals surface area contributed by atoms with Crippen LogP contribution in [0.2, 0.25) is 0 Å². The predicted molar refractivity (Wildman–Crippen MR) is 117 cm³/mol. The number of piperazine rings is 1. The van der Waals surface area contributed by atoms with Crippen molar-refractivity contribution in [2.24, 2.45) is 0 Å². The van der Waals surface area contributed by atoms with Crippen molar-refractivity contribution < 1.29 is 13.9 Å². The molecule has 2 aromatic carbocycles. The lowest BCUT2D eigenvalue weighted by atomic mass is 10.1. The number of aryl methyl sites for hydroxylation is 2. The number of amides is 1. The highest BCUT2D eigenvalue weighted by atomic mass is 19.1. The van der Waals surface area contributed by atoms with E-state index in [-0.39, 0.29) is 11.7 Å². The van der Waals surface area contributed by atoms with Gasteiger partial charge in [-0.05, 0) is 43.2 Å². The molecule has 0 saturated carbocycles. The Balaban J connectivity index is 1.48. The number of rotatable bonds is 7. The monoisotopic (exact) mass is 413 g/mol. The first kappa shape index (κ1) is 22.2. The number of nitrogens with zero attached hydrogens (tertiary/aromatic N) is 3. The third kappa shape index (κ3) is 5.80.